The van der Waals surface area contributed by atoms with Crippen molar-refractivity contribution in [1.82, 2.24) is 4.98 Å². The molecule has 0 spiro atoms. The molecular formula is C8H10N2O2. The molecule has 0 radical (unpaired) electrons. The highest BCUT2D eigenvalue weighted by Gasteiger charge is 2.00. The molecule has 0 amide bonds. The van der Waals surface area contributed by atoms with Crippen LogP contribution in [0.4, 0.5) is 0 Å². The largest absolute Gasteiger partial charge is 0.482 e. The van der Waals surface area contributed by atoms with Crippen LogP contribution in [0.2, 0.25) is 0 Å². The van der Waals surface area contributed by atoms with Crippen LogP contribution >= 0.6 is 0 Å². The summed E-state index contributed by atoms with van der Waals surface area (Å²) in [4.78, 5) is 3.84. The number of nitrogens with zero attached hydrogens (tertiary/aromatic N) is 1. The molecule has 0 aliphatic rings. The van der Waals surface area contributed by atoms with Crippen molar-refractivity contribution in [2.24, 2.45) is 5.73 Å². The molecule has 2 N–H and O–H groups in total. The molecule has 1 aromatic rings. The maximum Gasteiger partial charge on any atom is 0.232 e. The SMILES string of the molecule is C=C(N)C(=C)OCc1ncco1. The maximum atomic E-state index is 5.31. The van der Waals surface area contributed by atoms with Gasteiger partial charge in [0.1, 0.15) is 12.0 Å². The molecule has 1 rings (SSSR count). The Hall–Kier alpha value is -1.71. The quantitative estimate of drug-likeness (QED) is 0.539. The van der Waals surface area contributed by atoms with Crippen molar-refractivity contribution in [3.8, 4) is 0 Å². The lowest BCUT2D eigenvalue weighted by Gasteiger charge is -2.04. The minimum absolute atomic E-state index is 0.224. The smallest absolute Gasteiger partial charge is 0.232 e. The van der Waals surface area contributed by atoms with E-state index in [1.807, 2.05) is 0 Å². The zero-order chi connectivity index (χ0) is 8.97. The lowest BCUT2D eigenvalue weighted by atomic mass is 10.4. The Bertz CT molecular complexity index is 277. The van der Waals surface area contributed by atoms with E-state index in [2.05, 4.69) is 18.1 Å². The molecule has 0 saturated heterocycles. The van der Waals surface area contributed by atoms with Crippen LogP contribution in [-0.2, 0) is 11.3 Å². The molecule has 4 heteroatoms. The first-order valence-corrected chi connectivity index (χ1v) is 3.35. The summed E-state index contributed by atoms with van der Waals surface area (Å²) in [7, 11) is 0. The van der Waals surface area contributed by atoms with Crippen LogP contribution < -0.4 is 5.73 Å². The first kappa shape index (κ1) is 8.39. The minimum Gasteiger partial charge on any atom is -0.482 e. The number of rotatable bonds is 4. The van der Waals surface area contributed by atoms with E-state index in [0.717, 1.165) is 0 Å². The standard InChI is InChI=1S/C8H10N2O2/c1-6(9)7(2)12-5-8-10-3-4-11-8/h3-4H,1-2,5,9H2. The molecule has 12 heavy (non-hydrogen) atoms. The highest BCUT2D eigenvalue weighted by Crippen LogP contribution is 2.05. The summed E-state index contributed by atoms with van der Waals surface area (Å²) in [6.07, 6.45) is 3.01. The summed E-state index contributed by atoms with van der Waals surface area (Å²) >= 11 is 0. The van der Waals surface area contributed by atoms with Gasteiger partial charge in [0.25, 0.3) is 0 Å². The van der Waals surface area contributed by atoms with E-state index in [0.29, 0.717) is 17.3 Å². The maximum absolute atomic E-state index is 5.31. The van der Waals surface area contributed by atoms with E-state index in [4.69, 9.17) is 14.9 Å². The van der Waals surface area contributed by atoms with Gasteiger partial charge in [-0.2, -0.15) is 0 Å². The fourth-order valence-corrected chi connectivity index (χ4v) is 0.566. The fourth-order valence-electron chi connectivity index (χ4n) is 0.566. The predicted molar refractivity (Wildman–Crippen MR) is 43.8 cm³/mol. The predicted octanol–water partition coefficient (Wildman–Crippen LogP) is 1.18. The van der Waals surface area contributed by atoms with Crippen LogP contribution in [0.5, 0.6) is 0 Å². The fraction of sp³-hybridized carbons (Fsp3) is 0.125. The van der Waals surface area contributed by atoms with Gasteiger partial charge in [-0.1, -0.05) is 13.2 Å². The van der Waals surface area contributed by atoms with Gasteiger partial charge in [0, 0.05) is 0 Å². The van der Waals surface area contributed by atoms with E-state index in [1.165, 1.54) is 6.26 Å². The number of hydrogen-bond donors (Lipinski definition) is 1. The molecule has 0 aliphatic heterocycles. The molecule has 0 aliphatic carbocycles. The van der Waals surface area contributed by atoms with Crippen LogP contribution in [0.3, 0.4) is 0 Å². The van der Waals surface area contributed by atoms with Gasteiger partial charge in [0.2, 0.25) is 5.89 Å². The van der Waals surface area contributed by atoms with Crippen LogP contribution in [0.1, 0.15) is 5.89 Å². The zero-order valence-electron chi connectivity index (χ0n) is 6.62. The third-order valence-corrected chi connectivity index (χ3v) is 1.21. The highest BCUT2D eigenvalue weighted by molar-refractivity contribution is 5.14. The summed E-state index contributed by atoms with van der Waals surface area (Å²) in [6, 6.07) is 0. The summed E-state index contributed by atoms with van der Waals surface area (Å²) in [6.45, 7) is 7.22. The van der Waals surface area contributed by atoms with E-state index in [1.54, 1.807) is 6.20 Å². The van der Waals surface area contributed by atoms with Gasteiger partial charge in [-0.15, -0.1) is 0 Å². The van der Waals surface area contributed by atoms with Crippen LogP contribution in [0, 0.1) is 0 Å². The third-order valence-electron chi connectivity index (χ3n) is 1.21. The molecule has 4 nitrogen and oxygen atoms in total. The molecule has 1 heterocycles. The van der Waals surface area contributed by atoms with Crippen molar-refractivity contribution in [3.05, 3.63) is 43.0 Å². The Morgan fingerprint density at radius 2 is 2.42 bits per heavy atom. The van der Waals surface area contributed by atoms with Crippen molar-refractivity contribution < 1.29 is 9.15 Å². The van der Waals surface area contributed by atoms with E-state index in [-0.39, 0.29) is 6.61 Å². The summed E-state index contributed by atoms with van der Waals surface area (Å²) in [5, 5.41) is 0. The van der Waals surface area contributed by atoms with Crippen molar-refractivity contribution in [1.29, 1.82) is 0 Å². The van der Waals surface area contributed by atoms with Crippen molar-refractivity contribution in [3.63, 3.8) is 0 Å². The van der Waals surface area contributed by atoms with Gasteiger partial charge in [-0.25, -0.2) is 4.98 Å². The normalized spacial score (nSPS) is 9.33. The summed E-state index contributed by atoms with van der Waals surface area (Å²) in [5.41, 5.74) is 5.61. The second kappa shape index (κ2) is 3.61. The molecule has 64 valence electrons. The lowest BCUT2D eigenvalue weighted by molar-refractivity contribution is 0.180. The highest BCUT2D eigenvalue weighted by atomic mass is 16.5. The number of nitrogens with two attached hydrogens (primary N) is 1. The van der Waals surface area contributed by atoms with Crippen molar-refractivity contribution >= 4 is 0 Å². The number of hydrogen-bond acceptors (Lipinski definition) is 4. The lowest BCUT2D eigenvalue weighted by Crippen LogP contribution is -2.02. The molecule has 0 atom stereocenters. The van der Waals surface area contributed by atoms with Gasteiger partial charge in [0.15, 0.2) is 6.61 Å². The Balaban J connectivity index is 2.37. The number of ether oxygens (including phenoxy) is 1. The van der Waals surface area contributed by atoms with Crippen molar-refractivity contribution in [2.45, 2.75) is 6.61 Å². The Labute approximate surface area is 70.3 Å². The number of aromatic nitrogens is 1. The average Bonchev–Trinajstić information content (AvgIpc) is 2.51. The third kappa shape index (κ3) is 2.16. The summed E-state index contributed by atoms with van der Waals surface area (Å²) < 4.78 is 9.99. The summed E-state index contributed by atoms with van der Waals surface area (Å²) in [5.74, 6) is 0.825. The minimum atomic E-state index is 0.224. The Morgan fingerprint density at radius 1 is 1.67 bits per heavy atom. The van der Waals surface area contributed by atoms with Gasteiger partial charge in [-0.3, -0.25) is 0 Å². The Kier molecular flexibility index (Phi) is 2.53. The van der Waals surface area contributed by atoms with Gasteiger partial charge in [0.05, 0.1) is 11.9 Å². The first-order valence-electron chi connectivity index (χ1n) is 3.35. The van der Waals surface area contributed by atoms with Gasteiger partial charge in [-0.05, 0) is 0 Å². The van der Waals surface area contributed by atoms with Gasteiger partial charge < -0.3 is 14.9 Å². The van der Waals surface area contributed by atoms with E-state index >= 15 is 0 Å². The molecular weight excluding hydrogens is 156 g/mol. The van der Waals surface area contributed by atoms with Crippen LogP contribution in [0.15, 0.2) is 41.5 Å². The average molecular weight is 166 g/mol. The second-order valence-corrected chi connectivity index (χ2v) is 2.16. The van der Waals surface area contributed by atoms with Crippen molar-refractivity contribution in [2.75, 3.05) is 0 Å². The van der Waals surface area contributed by atoms with E-state index < -0.39 is 0 Å². The molecule has 0 aromatic carbocycles. The van der Waals surface area contributed by atoms with Crippen LogP contribution in [0.25, 0.3) is 0 Å². The number of oxazole rings is 1. The Morgan fingerprint density at radius 3 is 2.92 bits per heavy atom. The van der Waals surface area contributed by atoms with E-state index in [9.17, 15) is 0 Å². The molecule has 0 saturated carbocycles. The molecule has 0 unspecified atom stereocenters. The molecule has 0 bridgehead atoms. The monoisotopic (exact) mass is 166 g/mol. The zero-order valence-corrected chi connectivity index (χ0v) is 6.62. The second-order valence-electron chi connectivity index (χ2n) is 2.16. The molecule has 1 aromatic heterocycles. The molecule has 0 fully saturated rings. The van der Waals surface area contributed by atoms with Gasteiger partial charge >= 0.3 is 0 Å². The van der Waals surface area contributed by atoms with Crippen LogP contribution in [-0.4, -0.2) is 4.98 Å². The first-order chi connectivity index (χ1) is 5.70. The topological polar surface area (TPSA) is 61.3 Å².